The van der Waals surface area contributed by atoms with E-state index in [4.69, 9.17) is 4.74 Å². The van der Waals surface area contributed by atoms with Crippen molar-refractivity contribution in [3.05, 3.63) is 35.6 Å². The van der Waals surface area contributed by atoms with E-state index in [-0.39, 0.29) is 18.0 Å². The average molecular weight is 237 g/mol. The van der Waals surface area contributed by atoms with Crippen molar-refractivity contribution in [1.29, 1.82) is 0 Å². The molecule has 94 valence electrons. The van der Waals surface area contributed by atoms with Crippen LogP contribution in [0.1, 0.15) is 37.8 Å². The second-order valence-corrected chi connectivity index (χ2v) is 4.50. The first-order valence-corrected chi connectivity index (χ1v) is 6.41. The number of benzene rings is 1. The van der Waals surface area contributed by atoms with Crippen LogP contribution >= 0.6 is 0 Å². The molecule has 1 aliphatic rings. The van der Waals surface area contributed by atoms with E-state index in [1.807, 2.05) is 6.07 Å². The Kier molecular flexibility index (Phi) is 4.51. The molecule has 1 aliphatic heterocycles. The summed E-state index contributed by atoms with van der Waals surface area (Å²) in [6.45, 7) is 3.75. The molecule has 2 unspecified atom stereocenters. The van der Waals surface area contributed by atoms with Gasteiger partial charge >= 0.3 is 0 Å². The molecule has 2 atom stereocenters. The Labute approximate surface area is 102 Å². The lowest BCUT2D eigenvalue weighted by Gasteiger charge is -2.31. The molecule has 17 heavy (non-hydrogen) atoms. The van der Waals surface area contributed by atoms with Crippen molar-refractivity contribution in [2.75, 3.05) is 13.2 Å². The lowest BCUT2D eigenvalue weighted by molar-refractivity contribution is -0.00791. The van der Waals surface area contributed by atoms with E-state index in [2.05, 4.69) is 12.2 Å². The Balaban J connectivity index is 2.15. The fourth-order valence-corrected chi connectivity index (χ4v) is 2.41. The molecule has 1 aromatic carbocycles. The summed E-state index contributed by atoms with van der Waals surface area (Å²) < 4.78 is 19.1. The standard InChI is InChI=1S/C14H20FNO/c1-2-16-14(13-8-3-4-9-17-13)11-6-5-7-12(15)10-11/h5-7,10,13-14,16H,2-4,8-9H2,1H3. The molecule has 1 aromatic rings. The van der Waals surface area contributed by atoms with Gasteiger partial charge in [-0.05, 0) is 43.5 Å². The van der Waals surface area contributed by atoms with Gasteiger partial charge in [0.15, 0.2) is 0 Å². The topological polar surface area (TPSA) is 21.3 Å². The second-order valence-electron chi connectivity index (χ2n) is 4.50. The van der Waals surface area contributed by atoms with Crippen molar-refractivity contribution in [1.82, 2.24) is 5.32 Å². The van der Waals surface area contributed by atoms with E-state index in [0.717, 1.165) is 31.6 Å². The van der Waals surface area contributed by atoms with E-state index in [1.54, 1.807) is 12.1 Å². The number of hydrogen-bond donors (Lipinski definition) is 1. The molecule has 0 radical (unpaired) electrons. The van der Waals surface area contributed by atoms with Crippen molar-refractivity contribution >= 4 is 0 Å². The van der Waals surface area contributed by atoms with Crippen LogP contribution in [0.25, 0.3) is 0 Å². The summed E-state index contributed by atoms with van der Waals surface area (Å²) >= 11 is 0. The van der Waals surface area contributed by atoms with Gasteiger partial charge in [0.1, 0.15) is 5.82 Å². The van der Waals surface area contributed by atoms with Crippen LogP contribution in [0.3, 0.4) is 0 Å². The molecule has 1 heterocycles. The summed E-state index contributed by atoms with van der Waals surface area (Å²) in [7, 11) is 0. The summed E-state index contributed by atoms with van der Waals surface area (Å²) in [5, 5.41) is 3.40. The molecule has 0 spiro atoms. The quantitative estimate of drug-likeness (QED) is 0.869. The molecule has 0 amide bonds. The predicted molar refractivity (Wildman–Crippen MR) is 66.4 cm³/mol. The number of ether oxygens (including phenoxy) is 1. The lowest BCUT2D eigenvalue weighted by Crippen LogP contribution is -2.36. The van der Waals surface area contributed by atoms with Crippen molar-refractivity contribution in [2.24, 2.45) is 0 Å². The first-order chi connectivity index (χ1) is 8.31. The van der Waals surface area contributed by atoms with Gasteiger partial charge in [0.25, 0.3) is 0 Å². The maximum atomic E-state index is 13.3. The number of halogens is 1. The molecule has 1 saturated heterocycles. The Morgan fingerprint density at radius 2 is 2.35 bits per heavy atom. The summed E-state index contributed by atoms with van der Waals surface area (Å²) in [6.07, 6.45) is 3.56. The summed E-state index contributed by atoms with van der Waals surface area (Å²) in [4.78, 5) is 0. The highest BCUT2D eigenvalue weighted by Crippen LogP contribution is 2.26. The minimum absolute atomic E-state index is 0.107. The zero-order chi connectivity index (χ0) is 12.1. The zero-order valence-corrected chi connectivity index (χ0v) is 10.3. The zero-order valence-electron chi connectivity index (χ0n) is 10.3. The van der Waals surface area contributed by atoms with Crippen LogP contribution in [-0.2, 0) is 4.74 Å². The van der Waals surface area contributed by atoms with E-state index in [1.165, 1.54) is 12.5 Å². The third-order valence-electron chi connectivity index (χ3n) is 3.22. The highest BCUT2D eigenvalue weighted by atomic mass is 19.1. The van der Waals surface area contributed by atoms with Gasteiger partial charge in [-0.15, -0.1) is 0 Å². The normalized spacial score (nSPS) is 22.4. The fraction of sp³-hybridized carbons (Fsp3) is 0.571. The minimum Gasteiger partial charge on any atom is -0.376 e. The maximum Gasteiger partial charge on any atom is 0.123 e. The van der Waals surface area contributed by atoms with E-state index >= 15 is 0 Å². The van der Waals surface area contributed by atoms with Gasteiger partial charge in [-0.1, -0.05) is 19.1 Å². The van der Waals surface area contributed by atoms with Crippen LogP contribution in [0.4, 0.5) is 4.39 Å². The van der Waals surface area contributed by atoms with Gasteiger partial charge in [-0.3, -0.25) is 0 Å². The monoisotopic (exact) mass is 237 g/mol. The van der Waals surface area contributed by atoms with Crippen molar-refractivity contribution in [3.63, 3.8) is 0 Å². The molecule has 0 saturated carbocycles. The van der Waals surface area contributed by atoms with Gasteiger partial charge in [0.05, 0.1) is 12.1 Å². The summed E-state index contributed by atoms with van der Waals surface area (Å²) in [6, 6.07) is 6.92. The SMILES string of the molecule is CCNC(c1cccc(F)c1)C1CCCCO1. The van der Waals surface area contributed by atoms with Gasteiger partial charge in [0, 0.05) is 6.61 Å². The molecule has 1 fully saturated rings. The molecule has 2 rings (SSSR count). The number of likely N-dealkylation sites (N-methyl/N-ethyl adjacent to an activating group) is 1. The lowest BCUT2D eigenvalue weighted by atomic mass is 9.95. The van der Waals surface area contributed by atoms with Crippen LogP contribution in [0, 0.1) is 5.82 Å². The largest absolute Gasteiger partial charge is 0.376 e. The molecule has 1 N–H and O–H groups in total. The highest BCUT2D eigenvalue weighted by molar-refractivity contribution is 5.21. The third-order valence-corrected chi connectivity index (χ3v) is 3.22. The number of hydrogen-bond acceptors (Lipinski definition) is 2. The van der Waals surface area contributed by atoms with Crippen LogP contribution in [0.2, 0.25) is 0 Å². The smallest absolute Gasteiger partial charge is 0.123 e. The van der Waals surface area contributed by atoms with Crippen LogP contribution < -0.4 is 5.32 Å². The first kappa shape index (κ1) is 12.5. The van der Waals surface area contributed by atoms with Gasteiger partial charge < -0.3 is 10.1 Å². The Morgan fingerprint density at radius 1 is 1.47 bits per heavy atom. The number of nitrogens with one attached hydrogen (secondary N) is 1. The summed E-state index contributed by atoms with van der Waals surface area (Å²) in [5.41, 5.74) is 0.985. The van der Waals surface area contributed by atoms with Crippen molar-refractivity contribution in [3.8, 4) is 0 Å². The van der Waals surface area contributed by atoms with Crippen molar-refractivity contribution < 1.29 is 9.13 Å². The van der Waals surface area contributed by atoms with Crippen LogP contribution in [-0.4, -0.2) is 19.3 Å². The fourth-order valence-electron chi connectivity index (χ4n) is 2.41. The molecule has 0 aromatic heterocycles. The molecule has 2 nitrogen and oxygen atoms in total. The highest BCUT2D eigenvalue weighted by Gasteiger charge is 2.25. The first-order valence-electron chi connectivity index (χ1n) is 6.41. The van der Waals surface area contributed by atoms with Crippen LogP contribution in [0.5, 0.6) is 0 Å². The molecular formula is C14H20FNO. The Morgan fingerprint density at radius 3 is 3.00 bits per heavy atom. The van der Waals surface area contributed by atoms with E-state index in [0.29, 0.717) is 0 Å². The predicted octanol–water partition coefficient (Wildman–Crippen LogP) is 3.05. The molecular weight excluding hydrogens is 217 g/mol. The van der Waals surface area contributed by atoms with Crippen molar-refractivity contribution in [2.45, 2.75) is 38.3 Å². The Hall–Kier alpha value is -0.930. The molecule has 0 aliphatic carbocycles. The van der Waals surface area contributed by atoms with Gasteiger partial charge in [-0.2, -0.15) is 0 Å². The Bertz CT molecular complexity index is 350. The van der Waals surface area contributed by atoms with Gasteiger partial charge in [0.2, 0.25) is 0 Å². The maximum absolute atomic E-state index is 13.3. The van der Waals surface area contributed by atoms with Gasteiger partial charge in [-0.25, -0.2) is 4.39 Å². The average Bonchev–Trinajstić information content (AvgIpc) is 2.37. The van der Waals surface area contributed by atoms with E-state index < -0.39 is 0 Å². The molecule has 0 bridgehead atoms. The van der Waals surface area contributed by atoms with E-state index in [9.17, 15) is 4.39 Å². The second kappa shape index (κ2) is 6.12. The summed E-state index contributed by atoms with van der Waals surface area (Å²) in [5.74, 6) is -0.179. The molecule has 3 heteroatoms. The number of rotatable bonds is 4. The third kappa shape index (κ3) is 3.27. The minimum atomic E-state index is -0.179. The van der Waals surface area contributed by atoms with Crippen LogP contribution in [0.15, 0.2) is 24.3 Å².